The second kappa shape index (κ2) is 6.33. The van der Waals surface area contributed by atoms with Crippen molar-refractivity contribution in [1.29, 1.82) is 0 Å². The van der Waals surface area contributed by atoms with Crippen LogP contribution in [0.1, 0.15) is 31.1 Å². The SMILES string of the molecule is CCCNc1ncc(CN(CCO)C2CC2)s1. The fourth-order valence-electron chi connectivity index (χ4n) is 1.85. The number of thiazole rings is 1. The smallest absolute Gasteiger partial charge is 0.182 e. The number of nitrogens with zero attached hydrogens (tertiary/aromatic N) is 2. The Labute approximate surface area is 107 Å². The van der Waals surface area contributed by atoms with Crippen LogP contribution in [0.3, 0.4) is 0 Å². The van der Waals surface area contributed by atoms with Gasteiger partial charge in [0.1, 0.15) is 0 Å². The highest BCUT2D eigenvalue weighted by molar-refractivity contribution is 7.15. The molecular formula is C12H21N3OS. The Morgan fingerprint density at radius 1 is 1.59 bits per heavy atom. The summed E-state index contributed by atoms with van der Waals surface area (Å²) in [5.41, 5.74) is 0. The van der Waals surface area contributed by atoms with Crippen molar-refractivity contribution in [1.82, 2.24) is 9.88 Å². The van der Waals surface area contributed by atoms with E-state index >= 15 is 0 Å². The van der Waals surface area contributed by atoms with E-state index in [1.807, 2.05) is 6.20 Å². The Hall–Kier alpha value is -0.650. The van der Waals surface area contributed by atoms with Crippen LogP contribution >= 0.6 is 11.3 Å². The van der Waals surface area contributed by atoms with E-state index in [0.717, 1.165) is 31.2 Å². The molecule has 0 aromatic carbocycles. The van der Waals surface area contributed by atoms with Crippen LogP contribution in [0, 0.1) is 0 Å². The van der Waals surface area contributed by atoms with Crippen LogP contribution in [0.15, 0.2) is 6.20 Å². The molecule has 1 aromatic rings. The van der Waals surface area contributed by atoms with Gasteiger partial charge in [-0.15, -0.1) is 11.3 Å². The first-order valence-corrected chi connectivity index (χ1v) is 7.18. The van der Waals surface area contributed by atoms with Crippen molar-refractivity contribution < 1.29 is 5.11 Å². The quantitative estimate of drug-likeness (QED) is 0.745. The van der Waals surface area contributed by atoms with Crippen molar-refractivity contribution in [2.24, 2.45) is 0 Å². The first kappa shape index (κ1) is 12.8. The van der Waals surface area contributed by atoms with E-state index in [4.69, 9.17) is 5.11 Å². The Bertz CT molecular complexity index is 338. The summed E-state index contributed by atoms with van der Waals surface area (Å²) in [6.45, 7) is 5.08. The van der Waals surface area contributed by atoms with Gasteiger partial charge in [-0.2, -0.15) is 0 Å². The van der Waals surface area contributed by atoms with Crippen LogP contribution in [-0.4, -0.2) is 40.7 Å². The molecule has 1 heterocycles. The zero-order chi connectivity index (χ0) is 12.1. The van der Waals surface area contributed by atoms with Crippen molar-refractivity contribution >= 4 is 16.5 Å². The van der Waals surface area contributed by atoms with Crippen LogP contribution < -0.4 is 5.32 Å². The molecule has 1 fully saturated rings. The van der Waals surface area contributed by atoms with Gasteiger partial charge < -0.3 is 10.4 Å². The summed E-state index contributed by atoms with van der Waals surface area (Å²) in [5.74, 6) is 0. The zero-order valence-corrected chi connectivity index (χ0v) is 11.2. The topological polar surface area (TPSA) is 48.4 Å². The molecule has 0 spiro atoms. The maximum atomic E-state index is 9.05. The van der Waals surface area contributed by atoms with Crippen molar-refractivity contribution in [2.75, 3.05) is 25.0 Å². The van der Waals surface area contributed by atoms with Crippen molar-refractivity contribution in [3.8, 4) is 0 Å². The predicted octanol–water partition coefficient (Wildman–Crippen LogP) is 1.92. The third kappa shape index (κ3) is 3.94. The third-order valence-electron chi connectivity index (χ3n) is 2.89. The molecule has 0 amide bonds. The number of hydrogen-bond acceptors (Lipinski definition) is 5. The first-order chi connectivity index (χ1) is 8.33. The van der Waals surface area contributed by atoms with Gasteiger partial charge in [0.2, 0.25) is 0 Å². The average Bonchev–Trinajstić information content (AvgIpc) is 3.08. The van der Waals surface area contributed by atoms with Crippen molar-refractivity contribution in [3.63, 3.8) is 0 Å². The summed E-state index contributed by atoms with van der Waals surface area (Å²) in [4.78, 5) is 8.00. The van der Waals surface area contributed by atoms with Crippen LogP contribution in [-0.2, 0) is 6.54 Å². The van der Waals surface area contributed by atoms with Crippen LogP contribution in [0.4, 0.5) is 5.13 Å². The molecule has 1 saturated carbocycles. The van der Waals surface area contributed by atoms with E-state index in [-0.39, 0.29) is 6.61 Å². The molecule has 1 aromatic heterocycles. The molecule has 0 aliphatic heterocycles. The number of rotatable bonds is 8. The summed E-state index contributed by atoms with van der Waals surface area (Å²) in [6, 6.07) is 0.691. The lowest BCUT2D eigenvalue weighted by Crippen LogP contribution is -2.28. The van der Waals surface area contributed by atoms with Gasteiger partial charge >= 0.3 is 0 Å². The van der Waals surface area contributed by atoms with E-state index < -0.39 is 0 Å². The lowest BCUT2D eigenvalue weighted by molar-refractivity contribution is 0.184. The Kier molecular flexibility index (Phi) is 4.76. The number of aromatic nitrogens is 1. The number of aliphatic hydroxyl groups is 1. The summed E-state index contributed by atoms with van der Waals surface area (Å²) in [7, 11) is 0. The number of hydrogen-bond donors (Lipinski definition) is 2. The standard InChI is InChI=1S/C12H21N3OS/c1-2-5-13-12-14-8-11(17-12)9-15(6-7-16)10-3-4-10/h8,10,16H,2-7,9H2,1H3,(H,13,14). The molecular weight excluding hydrogens is 234 g/mol. The molecule has 1 aliphatic carbocycles. The minimum atomic E-state index is 0.246. The van der Waals surface area contributed by atoms with Gasteiger partial charge in [-0.05, 0) is 19.3 Å². The molecule has 0 atom stereocenters. The lowest BCUT2D eigenvalue weighted by atomic mass is 10.4. The third-order valence-corrected chi connectivity index (χ3v) is 3.83. The van der Waals surface area contributed by atoms with Crippen LogP contribution in [0.25, 0.3) is 0 Å². The Balaban J connectivity index is 1.85. The molecule has 96 valence electrons. The Morgan fingerprint density at radius 3 is 3.06 bits per heavy atom. The maximum absolute atomic E-state index is 9.05. The molecule has 0 bridgehead atoms. The number of anilines is 1. The average molecular weight is 255 g/mol. The molecule has 5 heteroatoms. The first-order valence-electron chi connectivity index (χ1n) is 6.37. The molecule has 0 radical (unpaired) electrons. The van der Waals surface area contributed by atoms with Gasteiger partial charge in [0.15, 0.2) is 5.13 Å². The van der Waals surface area contributed by atoms with E-state index in [1.54, 1.807) is 11.3 Å². The summed E-state index contributed by atoms with van der Waals surface area (Å²) in [6.07, 6.45) is 5.63. The highest BCUT2D eigenvalue weighted by Gasteiger charge is 2.28. The second-order valence-electron chi connectivity index (χ2n) is 4.48. The van der Waals surface area contributed by atoms with Crippen LogP contribution in [0.5, 0.6) is 0 Å². The molecule has 2 N–H and O–H groups in total. The molecule has 1 aliphatic rings. The molecule has 2 rings (SSSR count). The predicted molar refractivity (Wildman–Crippen MR) is 71.4 cm³/mol. The maximum Gasteiger partial charge on any atom is 0.182 e. The Morgan fingerprint density at radius 2 is 2.41 bits per heavy atom. The monoisotopic (exact) mass is 255 g/mol. The van der Waals surface area contributed by atoms with Crippen molar-refractivity contribution in [3.05, 3.63) is 11.1 Å². The second-order valence-corrected chi connectivity index (χ2v) is 5.60. The summed E-state index contributed by atoms with van der Waals surface area (Å²) < 4.78 is 0. The van der Waals surface area contributed by atoms with Gasteiger partial charge in [0.25, 0.3) is 0 Å². The summed E-state index contributed by atoms with van der Waals surface area (Å²) >= 11 is 1.73. The molecule has 0 unspecified atom stereocenters. The molecule has 17 heavy (non-hydrogen) atoms. The van der Waals surface area contributed by atoms with E-state index in [9.17, 15) is 0 Å². The highest BCUT2D eigenvalue weighted by atomic mass is 32.1. The van der Waals surface area contributed by atoms with E-state index in [2.05, 4.69) is 22.1 Å². The van der Waals surface area contributed by atoms with Gasteiger partial charge in [-0.1, -0.05) is 6.92 Å². The van der Waals surface area contributed by atoms with Gasteiger partial charge in [-0.3, -0.25) is 4.90 Å². The minimum absolute atomic E-state index is 0.246. The largest absolute Gasteiger partial charge is 0.395 e. The number of nitrogens with one attached hydrogen (secondary N) is 1. The van der Waals surface area contributed by atoms with E-state index in [1.165, 1.54) is 17.7 Å². The van der Waals surface area contributed by atoms with Crippen LogP contribution in [0.2, 0.25) is 0 Å². The lowest BCUT2D eigenvalue weighted by Gasteiger charge is -2.19. The highest BCUT2D eigenvalue weighted by Crippen LogP contribution is 2.29. The minimum Gasteiger partial charge on any atom is -0.395 e. The molecule has 0 saturated heterocycles. The van der Waals surface area contributed by atoms with Crippen molar-refractivity contribution in [2.45, 2.75) is 38.8 Å². The molecule has 4 nitrogen and oxygen atoms in total. The summed E-state index contributed by atoms with van der Waals surface area (Å²) in [5, 5.41) is 13.4. The normalized spacial score (nSPS) is 15.5. The van der Waals surface area contributed by atoms with Gasteiger partial charge in [0.05, 0.1) is 6.61 Å². The number of aliphatic hydroxyl groups excluding tert-OH is 1. The van der Waals surface area contributed by atoms with Gasteiger partial charge in [0, 0.05) is 36.8 Å². The fourth-order valence-corrected chi connectivity index (χ4v) is 2.72. The zero-order valence-electron chi connectivity index (χ0n) is 10.4. The van der Waals surface area contributed by atoms with E-state index in [0.29, 0.717) is 6.04 Å². The fraction of sp³-hybridized carbons (Fsp3) is 0.750. The van der Waals surface area contributed by atoms with Gasteiger partial charge in [-0.25, -0.2) is 4.98 Å².